The van der Waals surface area contributed by atoms with Gasteiger partial charge in [0, 0.05) is 4.47 Å². The molecule has 0 N–H and O–H groups in total. The second kappa shape index (κ2) is 4.98. The molecule has 0 aliphatic carbocycles. The molecule has 1 aromatic heterocycles. The standard InChI is InChI=1S/C13H8BrNO2/c14-10-5-3-9(4-6-10)11(8-15)13(16)12-2-1-7-17-12/h1-7,11H. The molecule has 0 radical (unpaired) electrons. The summed E-state index contributed by atoms with van der Waals surface area (Å²) in [5.74, 6) is -0.937. The Morgan fingerprint density at radius 1 is 1.29 bits per heavy atom. The number of hydrogen-bond acceptors (Lipinski definition) is 3. The van der Waals surface area contributed by atoms with Crippen molar-refractivity contribution in [2.75, 3.05) is 0 Å². The number of carbonyl (C=O) groups is 1. The molecular weight excluding hydrogens is 282 g/mol. The number of hydrogen-bond donors (Lipinski definition) is 0. The zero-order valence-electron chi connectivity index (χ0n) is 8.76. The van der Waals surface area contributed by atoms with Crippen LogP contribution in [0.3, 0.4) is 0 Å². The number of halogens is 1. The Morgan fingerprint density at radius 3 is 2.53 bits per heavy atom. The van der Waals surface area contributed by atoms with Crippen molar-refractivity contribution in [1.82, 2.24) is 0 Å². The van der Waals surface area contributed by atoms with Gasteiger partial charge in [-0.1, -0.05) is 28.1 Å². The van der Waals surface area contributed by atoms with E-state index in [1.165, 1.54) is 6.26 Å². The van der Waals surface area contributed by atoms with Crippen LogP contribution in [-0.2, 0) is 0 Å². The molecule has 0 fully saturated rings. The van der Waals surface area contributed by atoms with Gasteiger partial charge in [-0.05, 0) is 29.8 Å². The van der Waals surface area contributed by atoms with Gasteiger partial charge in [-0.25, -0.2) is 0 Å². The maximum absolute atomic E-state index is 12.0. The molecule has 1 atom stereocenters. The molecule has 0 saturated heterocycles. The average Bonchev–Trinajstić information content (AvgIpc) is 2.86. The van der Waals surface area contributed by atoms with Crippen LogP contribution in [0.4, 0.5) is 0 Å². The summed E-state index contributed by atoms with van der Waals surface area (Å²) in [6, 6.07) is 12.3. The maximum atomic E-state index is 12.0. The van der Waals surface area contributed by atoms with E-state index in [4.69, 9.17) is 9.68 Å². The first-order valence-electron chi connectivity index (χ1n) is 4.95. The van der Waals surface area contributed by atoms with E-state index in [0.717, 1.165) is 4.47 Å². The number of carbonyl (C=O) groups excluding carboxylic acids is 1. The highest BCUT2D eigenvalue weighted by Gasteiger charge is 2.23. The first-order chi connectivity index (χ1) is 8.22. The van der Waals surface area contributed by atoms with Crippen LogP contribution in [0.5, 0.6) is 0 Å². The zero-order chi connectivity index (χ0) is 12.3. The maximum Gasteiger partial charge on any atom is 0.219 e. The van der Waals surface area contributed by atoms with Crippen LogP contribution >= 0.6 is 15.9 Å². The quantitative estimate of drug-likeness (QED) is 0.812. The summed E-state index contributed by atoms with van der Waals surface area (Å²) in [5, 5.41) is 9.09. The van der Waals surface area contributed by atoms with Gasteiger partial charge in [0.2, 0.25) is 5.78 Å². The molecule has 3 nitrogen and oxygen atoms in total. The fourth-order valence-electron chi connectivity index (χ4n) is 1.50. The second-order valence-corrected chi connectivity index (χ2v) is 4.37. The fourth-order valence-corrected chi connectivity index (χ4v) is 1.77. The number of furan rings is 1. The molecule has 1 unspecified atom stereocenters. The summed E-state index contributed by atoms with van der Waals surface area (Å²) in [6.45, 7) is 0. The van der Waals surface area contributed by atoms with Gasteiger partial charge in [0.15, 0.2) is 5.76 Å². The molecule has 1 heterocycles. The molecule has 17 heavy (non-hydrogen) atoms. The molecule has 0 spiro atoms. The number of ketones is 1. The Kier molecular flexibility index (Phi) is 3.40. The van der Waals surface area contributed by atoms with Crippen LogP contribution in [-0.4, -0.2) is 5.78 Å². The van der Waals surface area contributed by atoms with Crippen LogP contribution in [0.15, 0.2) is 51.6 Å². The van der Waals surface area contributed by atoms with Gasteiger partial charge in [-0.3, -0.25) is 4.79 Å². The molecule has 2 rings (SSSR count). The van der Waals surface area contributed by atoms with E-state index in [-0.39, 0.29) is 11.5 Å². The predicted molar refractivity (Wildman–Crippen MR) is 65.5 cm³/mol. The lowest BCUT2D eigenvalue weighted by Crippen LogP contribution is -2.10. The Labute approximate surface area is 107 Å². The lowest BCUT2D eigenvalue weighted by molar-refractivity contribution is 0.0952. The van der Waals surface area contributed by atoms with Crippen LogP contribution in [0.1, 0.15) is 22.0 Å². The van der Waals surface area contributed by atoms with Gasteiger partial charge in [0.25, 0.3) is 0 Å². The van der Waals surface area contributed by atoms with Gasteiger partial charge < -0.3 is 4.42 Å². The summed E-state index contributed by atoms with van der Waals surface area (Å²) >= 11 is 3.31. The highest BCUT2D eigenvalue weighted by Crippen LogP contribution is 2.22. The monoisotopic (exact) mass is 289 g/mol. The lowest BCUT2D eigenvalue weighted by Gasteiger charge is -2.06. The van der Waals surface area contributed by atoms with Gasteiger partial charge in [0.1, 0.15) is 5.92 Å². The summed E-state index contributed by atoms with van der Waals surface area (Å²) < 4.78 is 5.92. The Morgan fingerprint density at radius 2 is 2.00 bits per heavy atom. The smallest absolute Gasteiger partial charge is 0.219 e. The van der Waals surface area contributed by atoms with Gasteiger partial charge >= 0.3 is 0 Å². The Bertz CT molecular complexity index is 552. The molecule has 0 saturated carbocycles. The third-order valence-electron chi connectivity index (χ3n) is 2.36. The number of nitriles is 1. The summed E-state index contributed by atoms with van der Waals surface area (Å²) in [4.78, 5) is 12.0. The zero-order valence-corrected chi connectivity index (χ0v) is 10.3. The predicted octanol–water partition coefficient (Wildman–Crippen LogP) is 3.53. The number of Topliss-reactive ketones (excluding diaryl/α,β-unsaturated/α-hetero) is 1. The van der Waals surface area contributed by atoms with Crippen molar-refractivity contribution in [1.29, 1.82) is 5.26 Å². The highest BCUT2D eigenvalue weighted by molar-refractivity contribution is 9.10. The normalized spacial score (nSPS) is 11.8. The minimum atomic E-state index is -0.825. The van der Waals surface area contributed by atoms with Gasteiger partial charge in [-0.15, -0.1) is 0 Å². The molecule has 1 aromatic carbocycles. The molecule has 4 heteroatoms. The van der Waals surface area contributed by atoms with Crippen molar-refractivity contribution in [3.63, 3.8) is 0 Å². The number of benzene rings is 1. The molecule has 0 amide bonds. The molecule has 0 aliphatic heterocycles. The second-order valence-electron chi connectivity index (χ2n) is 3.46. The van der Waals surface area contributed by atoms with Crippen molar-refractivity contribution in [3.8, 4) is 6.07 Å². The molecule has 84 valence electrons. The van der Waals surface area contributed by atoms with Crippen molar-refractivity contribution in [3.05, 3.63) is 58.5 Å². The van der Waals surface area contributed by atoms with E-state index in [9.17, 15) is 4.79 Å². The van der Waals surface area contributed by atoms with Crippen molar-refractivity contribution >= 4 is 21.7 Å². The van der Waals surface area contributed by atoms with E-state index in [0.29, 0.717) is 5.56 Å². The van der Waals surface area contributed by atoms with E-state index < -0.39 is 5.92 Å². The topological polar surface area (TPSA) is 54.0 Å². The average molecular weight is 290 g/mol. The van der Waals surface area contributed by atoms with Crippen molar-refractivity contribution in [2.24, 2.45) is 0 Å². The SMILES string of the molecule is N#CC(C(=O)c1ccco1)c1ccc(Br)cc1. The summed E-state index contributed by atoms with van der Waals surface area (Å²) in [7, 11) is 0. The first-order valence-corrected chi connectivity index (χ1v) is 5.74. The van der Waals surface area contributed by atoms with Crippen LogP contribution in [0.2, 0.25) is 0 Å². The minimum absolute atomic E-state index is 0.208. The third-order valence-corrected chi connectivity index (χ3v) is 2.89. The van der Waals surface area contributed by atoms with Gasteiger partial charge in [0.05, 0.1) is 12.3 Å². The van der Waals surface area contributed by atoms with Crippen LogP contribution in [0.25, 0.3) is 0 Å². The third kappa shape index (κ3) is 2.45. The van der Waals surface area contributed by atoms with Crippen molar-refractivity contribution < 1.29 is 9.21 Å². The fraction of sp³-hybridized carbons (Fsp3) is 0.0769. The Balaban J connectivity index is 2.32. The van der Waals surface area contributed by atoms with Crippen LogP contribution in [0, 0.1) is 11.3 Å². The van der Waals surface area contributed by atoms with E-state index >= 15 is 0 Å². The number of nitrogens with zero attached hydrogens (tertiary/aromatic N) is 1. The first kappa shape index (κ1) is 11.6. The summed E-state index contributed by atoms with van der Waals surface area (Å²) in [5.41, 5.74) is 0.664. The summed E-state index contributed by atoms with van der Waals surface area (Å²) in [6.07, 6.45) is 1.42. The van der Waals surface area contributed by atoms with Crippen LogP contribution < -0.4 is 0 Å². The van der Waals surface area contributed by atoms with Crippen molar-refractivity contribution in [2.45, 2.75) is 5.92 Å². The number of rotatable bonds is 3. The largest absolute Gasteiger partial charge is 0.461 e. The van der Waals surface area contributed by atoms with E-state index in [1.807, 2.05) is 6.07 Å². The molecular formula is C13H8BrNO2. The molecule has 0 bridgehead atoms. The van der Waals surface area contributed by atoms with E-state index in [1.54, 1.807) is 36.4 Å². The lowest BCUT2D eigenvalue weighted by atomic mass is 9.95. The van der Waals surface area contributed by atoms with Gasteiger partial charge in [-0.2, -0.15) is 5.26 Å². The Hall–Kier alpha value is -1.86. The molecule has 0 aliphatic rings. The highest BCUT2D eigenvalue weighted by atomic mass is 79.9. The molecule has 2 aromatic rings. The minimum Gasteiger partial charge on any atom is -0.461 e. The van der Waals surface area contributed by atoms with E-state index in [2.05, 4.69) is 15.9 Å².